The molecule has 1 saturated heterocycles. The molecule has 2 rings (SSSR count). The zero-order valence-corrected chi connectivity index (χ0v) is 12.0. The van der Waals surface area contributed by atoms with Gasteiger partial charge in [0.1, 0.15) is 6.61 Å². The van der Waals surface area contributed by atoms with Gasteiger partial charge < -0.3 is 9.84 Å². The number of hydrogen-bond acceptors (Lipinski definition) is 4. The first-order chi connectivity index (χ1) is 9.65. The maximum Gasteiger partial charge on any atom is 0.310 e. The number of rotatable bonds is 5. The van der Waals surface area contributed by atoms with E-state index in [1.54, 1.807) is 0 Å². The fraction of sp³-hybridized carbons (Fsp3) is 0.562. The highest BCUT2D eigenvalue weighted by molar-refractivity contribution is 5.72. The fourth-order valence-electron chi connectivity index (χ4n) is 2.53. The SMILES string of the molecule is CC(CN1CCC[C@H](O)C1)C(=O)OCc1ccccc1. The Balaban J connectivity index is 1.74. The standard InChI is InChI=1S/C16H23NO3/c1-13(10-17-9-5-8-15(18)11-17)16(19)20-12-14-6-3-2-4-7-14/h2-4,6-7,13,15,18H,5,8-12H2,1H3/t13?,15-/m0/s1. The molecule has 1 aliphatic rings. The zero-order valence-electron chi connectivity index (χ0n) is 12.0. The minimum Gasteiger partial charge on any atom is -0.461 e. The van der Waals surface area contributed by atoms with E-state index in [0.29, 0.717) is 19.7 Å². The van der Waals surface area contributed by atoms with Crippen LogP contribution in [0.3, 0.4) is 0 Å². The molecule has 0 aliphatic carbocycles. The van der Waals surface area contributed by atoms with Crippen molar-refractivity contribution in [2.24, 2.45) is 5.92 Å². The van der Waals surface area contributed by atoms with E-state index in [-0.39, 0.29) is 18.0 Å². The van der Waals surface area contributed by atoms with Gasteiger partial charge in [0.25, 0.3) is 0 Å². The summed E-state index contributed by atoms with van der Waals surface area (Å²) in [5.74, 6) is -0.335. The van der Waals surface area contributed by atoms with Gasteiger partial charge in [-0.15, -0.1) is 0 Å². The van der Waals surface area contributed by atoms with Crippen molar-refractivity contribution in [3.05, 3.63) is 35.9 Å². The van der Waals surface area contributed by atoms with E-state index in [9.17, 15) is 9.90 Å². The molecule has 0 bridgehead atoms. The molecule has 2 atom stereocenters. The number of aliphatic hydroxyl groups is 1. The average Bonchev–Trinajstić information content (AvgIpc) is 2.46. The van der Waals surface area contributed by atoms with Gasteiger partial charge in [-0.3, -0.25) is 9.69 Å². The molecule has 4 heteroatoms. The van der Waals surface area contributed by atoms with Crippen molar-refractivity contribution in [1.29, 1.82) is 0 Å². The van der Waals surface area contributed by atoms with Crippen LogP contribution in [0.25, 0.3) is 0 Å². The van der Waals surface area contributed by atoms with Crippen molar-refractivity contribution >= 4 is 5.97 Å². The smallest absolute Gasteiger partial charge is 0.310 e. The number of likely N-dealkylation sites (tertiary alicyclic amines) is 1. The molecule has 1 aromatic rings. The Labute approximate surface area is 120 Å². The molecule has 1 aromatic carbocycles. The molecule has 1 N–H and O–H groups in total. The lowest BCUT2D eigenvalue weighted by Crippen LogP contribution is -2.41. The molecular formula is C16H23NO3. The second-order valence-electron chi connectivity index (χ2n) is 5.55. The van der Waals surface area contributed by atoms with E-state index in [2.05, 4.69) is 4.90 Å². The number of β-amino-alcohol motifs (C(OH)–C–C–N with tert-alkyl or cyclic N) is 1. The quantitative estimate of drug-likeness (QED) is 0.834. The molecule has 0 amide bonds. The number of esters is 1. The highest BCUT2D eigenvalue weighted by Gasteiger charge is 2.23. The molecule has 110 valence electrons. The van der Waals surface area contributed by atoms with Gasteiger partial charge in [0.05, 0.1) is 12.0 Å². The van der Waals surface area contributed by atoms with E-state index >= 15 is 0 Å². The Morgan fingerprint density at radius 2 is 2.20 bits per heavy atom. The van der Waals surface area contributed by atoms with Gasteiger partial charge in [-0.05, 0) is 24.9 Å². The molecule has 1 unspecified atom stereocenters. The highest BCUT2D eigenvalue weighted by Crippen LogP contribution is 2.13. The topological polar surface area (TPSA) is 49.8 Å². The third-order valence-electron chi connectivity index (χ3n) is 3.64. The van der Waals surface area contributed by atoms with Crippen molar-refractivity contribution in [3.8, 4) is 0 Å². The Morgan fingerprint density at radius 3 is 2.90 bits per heavy atom. The third-order valence-corrected chi connectivity index (χ3v) is 3.64. The van der Waals surface area contributed by atoms with Crippen LogP contribution >= 0.6 is 0 Å². The molecular weight excluding hydrogens is 254 g/mol. The first kappa shape index (κ1) is 15.0. The Morgan fingerprint density at radius 1 is 1.45 bits per heavy atom. The number of ether oxygens (including phenoxy) is 1. The number of carbonyl (C=O) groups is 1. The van der Waals surface area contributed by atoms with Crippen LogP contribution in [0.2, 0.25) is 0 Å². The van der Waals surface area contributed by atoms with E-state index < -0.39 is 0 Å². The van der Waals surface area contributed by atoms with Crippen LogP contribution in [-0.2, 0) is 16.1 Å². The van der Waals surface area contributed by atoms with Crippen LogP contribution < -0.4 is 0 Å². The maximum atomic E-state index is 12.0. The van der Waals surface area contributed by atoms with Gasteiger partial charge in [0.15, 0.2) is 0 Å². The molecule has 20 heavy (non-hydrogen) atoms. The molecule has 0 spiro atoms. The predicted molar refractivity (Wildman–Crippen MR) is 77.1 cm³/mol. The van der Waals surface area contributed by atoms with Crippen molar-refractivity contribution in [1.82, 2.24) is 4.90 Å². The van der Waals surface area contributed by atoms with Crippen LogP contribution in [0, 0.1) is 5.92 Å². The highest BCUT2D eigenvalue weighted by atomic mass is 16.5. The molecule has 0 radical (unpaired) electrons. The van der Waals surface area contributed by atoms with E-state index in [1.807, 2.05) is 37.3 Å². The van der Waals surface area contributed by atoms with Gasteiger partial charge in [-0.1, -0.05) is 37.3 Å². The molecule has 1 heterocycles. The summed E-state index contributed by atoms with van der Waals surface area (Å²) in [5.41, 5.74) is 1.00. The minimum absolute atomic E-state index is 0.163. The van der Waals surface area contributed by atoms with Crippen LogP contribution in [0.15, 0.2) is 30.3 Å². The summed E-state index contributed by atoms with van der Waals surface area (Å²) in [6.45, 7) is 4.48. The summed E-state index contributed by atoms with van der Waals surface area (Å²) in [4.78, 5) is 14.1. The number of aliphatic hydroxyl groups excluding tert-OH is 1. The Hall–Kier alpha value is -1.39. The van der Waals surface area contributed by atoms with E-state index in [4.69, 9.17) is 4.74 Å². The monoisotopic (exact) mass is 277 g/mol. The predicted octanol–water partition coefficient (Wildman–Crippen LogP) is 1.82. The summed E-state index contributed by atoms with van der Waals surface area (Å²) in [7, 11) is 0. The van der Waals surface area contributed by atoms with Crippen molar-refractivity contribution in [2.45, 2.75) is 32.5 Å². The summed E-state index contributed by atoms with van der Waals surface area (Å²) < 4.78 is 5.33. The fourth-order valence-corrected chi connectivity index (χ4v) is 2.53. The number of hydrogen-bond donors (Lipinski definition) is 1. The lowest BCUT2D eigenvalue weighted by atomic mass is 10.1. The Kier molecular flexibility index (Phi) is 5.56. The van der Waals surface area contributed by atoms with E-state index in [1.165, 1.54) is 0 Å². The van der Waals surface area contributed by atoms with Crippen molar-refractivity contribution in [2.75, 3.05) is 19.6 Å². The number of carbonyl (C=O) groups excluding carboxylic acids is 1. The van der Waals surface area contributed by atoms with Crippen LogP contribution in [0.4, 0.5) is 0 Å². The van der Waals surface area contributed by atoms with Crippen LogP contribution in [-0.4, -0.2) is 41.7 Å². The lowest BCUT2D eigenvalue weighted by Gasteiger charge is -2.31. The summed E-state index contributed by atoms with van der Waals surface area (Å²) in [6.07, 6.45) is 1.60. The first-order valence-electron chi connectivity index (χ1n) is 7.26. The summed E-state index contributed by atoms with van der Waals surface area (Å²) in [6, 6.07) is 9.69. The maximum absolute atomic E-state index is 12.0. The van der Waals surface area contributed by atoms with Gasteiger partial charge in [-0.2, -0.15) is 0 Å². The first-order valence-corrected chi connectivity index (χ1v) is 7.26. The summed E-state index contributed by atoms with van der Waals surface area (Å²) in [5, 5.41) is 9.63. The van der Waals surface area contributed by atoms with Crippen molar-refractivity contribution < 1.29 is 14.6 Å². The van der Waals surface area contributed by atoms with Gasteiger partial charge in [0, 0.05) is 13.1 Å². The number of piperidine rings is 1. The van der Waals surface area contributed by atoms with Gasteiger partial charge in [0.2, 0.25) is 0 Å². The molecule has 1 aliphatic heterocycles. The lowest BCUT2D eigenvalue weighted by molar-refractivity contribution is -0.150. The zero-order chi connectivity index (χ0) is 14.4. The average molecular weight is 277 g/mol. The number of benzene rings is 1. The third kappa shape index (κ3) is 4.62. The Bertz CT molecular complexity index is 421. The molecule has 0 saturated carbocycles. The number of nitrogens with zero attached hydrogens (tertiary/aromatic N) is 1. The van der Waals surface area contributed by atoms with E-state index in [0.717, 1.165) is 24.9 Å². The minimum atomic E-state index is -0.253. The largest absolute Gasteiger partial charge is 0.461 e. The molecule has 0 aromatic heterocycles. The normalized spacial score (nSPS) is 21.4. The molecule has 4 nitrogen and oxygen atoms in total. The summed E-state index contributed by atoms with van der Waals surface area (Å²) >= 11 is 0. The van der Waals surface area contributed by atoms with Crippen molar-refractivity contribution in [3.63, 3.8) is 0 Å². The van der Waals surface area contributed by atoms with Gasteiger partial charge >= 0.3 is 5.97 Å². The second kappa shape index (κ2) is 7.41. The van der Waals surface area contributed by atoms with Crippen LogP contribution in [0.1, 0.15) is 25.3 Å². The molecule has 1 fully saturated rings. The second-order valence-corrected chi connectivity index (χ2v) is 5.55. The van der Waals surface area contributed by atoms with Gasteiger partial charge in [-0.25, -0.2) is 0 Å². The van der Waals surface area contributed by atoms with Crippen LogP contribution in [0.5, 0.6) is 0 Å².